The van der Waals surface area contributed by atoms with E-state index in [0.29, 0.717) is 34.8 Å². The van der Waals surface area contributed by atoms with Crippen LogP contribution in [0.4, 0.5) is 0 Å². The summed E-state index contributed by atoms with van der Waals surface area (Å²) in [6.45, 7) is 6.40. The molecule has 0 radical (unpaired) electrons. The van der Waals surface area contributed by atoms with Crippen molar-refractivity contribution >= 4 is 33.5 Å². The summed E-state index contributed by atoms with van der Waals surface area (Å²) in [5, 5.41) is 0.575. The monoisotopic (exact) mass is 450 g/mol. The molecule has 0 spiro atoms. The molecular formula is C19H19IN2O3. The fourth-order valence-electron chi connectivity index (χ4n) is 2.54. The summed E-state index contributed by atoms with van der Waals surface area (Å²) < 4.78 is 12.5. The molecule has 6 heteroatoms. The molecule has 0 saturated heterocycles. The zero-order valence-corrected chi connectivity index (χ0v) is 16.5. The first-order valence-corrected chi connectivity index (χ1v) is 9.20. The molecule has 0 unspecified atom stereocenters. The van der Waals surface area contributed by atoms with Crippen LogP contribution in [0, 0.1) is 3.57 Å². The normalized spacial score (nSPS) is 11.1. The van der Waals surface area contributed by atoms with E-state index in [-0.39, 0.29) is 11.7 Å². The highest BCUT2D eigenvalue weighted by atomic mass is 127. The molecule has 3 aromatic rings. The van der Waals surface area contributed by atoms with Gasteiger partial charge in [0, 0.05) is 5.56 Å². The molecule has 0 aliphatic carbocycles. The van der Waals surface area contributed by atoms with Crippen LogP contribution in [-0.2, 0) is 0 Å². The molecule has 0 aliphatic rings. The van der Waals surface area contributed by atoms with Crippen LogP contribution < -0.4 is 15.0 Å². The van der Waals surface area contributed by atoms with Gasteiger partial charge >= 0.3 is 0 Å². The van der Waals surface area contributed by atoms with Crippen LogP contribution in [0.3, 0.4) is 0 Å². The van der Waals surface area contributed by atoms with Gasteiger partial charge in [-0.2, -0.15) is 0 Å². The number of aromatic nitrogens is 2. The van der Waals surface area contributed by atoms with Gasteiger partial charge in [0.1, 0.15) is 5.82 Å². The second-order valence-electron chi connectivity index (χ2n) is 5.82. The number of H-pyrrole nitrogens is 1. The van der Waals surface area contributed by atoms with Crippen molar-refractivity contribution in [2.45, 2.75) is 26.9 Å². The average molecular weight is 450 g/mol. The van der Waals surface area contributed by atoms with Crippen molar-refractivity contribution in [2.24, 2.45) is 0 Å². The molecule has 1 N–H and O–H groups in total. The average Bonchev–Trinajstić information content (AvgIpc) is 2.57. The molecule has 3 rings (SSSR count). The van der Waals surface area contributed by atoms with Crippen molar-refractivity contribution in [3.8, 4) is 22.9 Å². The molecule has 0 fully saturated rings. The molecule has 0 amide bonds. The van der Waals surface area contributed by atoms with E-state index in [9.17, 15) is 4.79 Å². The molecular weight excluding hydrogens is 431 g/mol. The van der Waals surface area contributed by atoms with Gasteiger partial charge in [-0.25, -0.2) is 4.98 Å². The number of benzene rings is 2. The Bertz CT molecular complexity index is 967. The van der Waals surface area contributed by atoms with Gasteiger partial charge in [-0.15, -0.1) is 0 Å². The topological polar surface area (TPSA) is 64.2 Å². The van der Waals surface area contributed by atoms with E-state index in [1.165, 1.54) is 0 Å². The fourth-order valence-corrected chi connectivity index (χ4v) is 3.27. The number of nitrogens with zero attached hydrogens (tertiary/aromatic N) is 1. The van der Waals surface area contributed by atoms with Crippen LogP contribution in [0.25, 0.3) is 22.3 Å². The number of halogens is 1. The quantitative estimate of drug-likeness (QED) is 0.587. The summed E-state index contributed by atoms with van der Waals surface area (Å²) in [7, 11) is 0. The Balaban J connectivity index is 2.16. The van der Waals surface area contributed by atoms with Gasteiger partial charge in [-0.3, -0.25) is 4.79 Å². The first-order chi connectivity index (χ1) is 12.0. The number of rotatable bonds is 5. The Morgan fingerprint density at radius 1 is 1.24 bits per heavy atom. The van der Waals surface area contributed by atoms with Crippen molar-refractivity contribution in [1.82, 2.24) is 9.97 Å². The SMILES string of the molecule is CCOc1cc(-c2nc3ccccc3c(=O)[nH]2)cc(I)c1OC(C)C. The fraction of sp³-hybridized carbons (Fsp3) is 0.263. The van der Waals surface area contributed by atoms with Gasteiger partial charge in [0.05, 0.1) is 27.2 Å². The van der Waals surface area contributed by atoms with Crippen LogP contribution in [-0.4, -0.2) is 22.7 Å². The number of nitrogens with one attached hydrogen (secondary N) is 1. The summed E-state index contributed by atoms with van der Waals surface area (Å²) in [6.07, 6.45) is 0.0390. The van der Waals surface area contributed by atoms with Crippen LogP contribution in [0.15, 0.2) is 41.2 Å². The molecule has 0 atom stereocenters. The Morgan fingerprint density at radius 3 is 2.72 bits per heavy atom. The highest BCUT2D eigenvalue weighted by Gasteiger charge is 2.16. The van der Waals surface area contributed by atoms with Gasteiger partial charge in [-0.05, 0) is 67.6 Å². The van der Waals surface area contributed by atoms with Crippen molar-refractivity contribution in [1.29, 1.82) is 0 Å². The van der Waals surface area contributed by atoms with E-state index < -0.39 is 0 Å². The number of hydrogen-bond acceptors (Lipinski definition) is 4. The van der Waals surface area contributed by atoms with E-state index >= 15 is 0 Å². The van der Waals surface area contributed by atoms with Gasteiger partial charge in [0.15, 0.2) is 11.5 Å². The molecule has 0 aliphatic heterocycles. The molecule has 1 aromatic heterocycles. The van der Waals surface area contributed by atoms with Crippen molar-refractivity contribution in [3.05, 3.63) is 50.3 Å². The third kappa shape index (κ3) is 3.78. The third-order valence-corrected chi connectivity index (χ3v) is 4.35. The van der Waals surface area contributed by atoms with E-state index in [1.807, 2.05) is 51.1 Å². The molecule has 0 bridgehead atoms. The van der Waals surface area contributed by atoms with E-state index in [4.69, 9.17) is 9.47 Å². The summed E-state index contributed by atoms with van der Waals surface area (Å²) in [5.74, 6) is 1.87. The molecule has 130 valence electrons. The Labute approximate surface area is 159 Å². The Morgan fingerprint density at radius 2 is 2.00 bits per heavy atom. The Hall–Kier alpha value is -2.09. The summed E-state index contributed by atoms with van der Waals surface area (Å²) in [5.41, 5.74) is 1.29. The maximum atomic E-state index is 12.3. The first kappa shape index (κ1) is 17.7. The van der Waals surface area contributed by atoms with E-state index in [0.717, 1.165) is 9.13 Å². The zero-order chi connectivity index (χ0) is 18.0. The second-order valence-corrected chi connectivity index (χ2v) is 6.98. The van der Waals surface area contributed by atoms with Gasteiger partial charge < -0.3 is 14.5 Å². The second kappa shape index (κ2) is 7.43. The maximum absolute atomic E-state index is 12.3. The highest BCUT2D eigenvalue weighted by Crippen LogP contribution is 2.37. The highest BCUT2D eigenvalue weighted by molar-refractivity contribution is 14.1. The van der Waals surface area contributed by atoms with E-state index in [2.05, 4.69) is 32.6 Å². The zero-order valence-electron chi connectivity index (χ0n) is 14.3. The standard InChI is InChI=1S/C19H19IN2O3/c1-4-24-16-10-12(9-14(20)17(16)25-11(2)3)18-21-15-8-6-5-7-13(15)19(23)22-18/h5-11H,4H2,1-3H3,(H,21,22,23). The number of para-hydroxylation sites is 1. The predicted molar refractivity (Wildman–Crippen MR) is 107 cm³/mol. The number of aromatic amines is 1. The maximum Gasteiger partial charge on any atom is 0.259 e. The smallest absolute Gasteiger partial charge is 0.259 e. The molecule has 0 saturated carbocycles. The van der Waals surface area contributed by atoms with Crippen molar-refractivity contribution in [2.75, 3.05) is 6.61 Å². The molecule has 25 heavy (non-hydrogen) atoms. The molecule has 5 nitrogen and oxygen atoms in total. The van der Waals surface area contributed by atoms with Gasteiger partial charge in [0.2, 0.25) is 0 Å². The third-order valence-electron chi connectivity index (χ3n) is 3.55. The minimum absolute atomic E-state index is 0.0390. The molecule has 1 heterocycles. The van der Waals surface area contributed by atoms with Crippen molar-refractivity contribution < 1.29 is 9.47 Å². The summed E-state index contributed by atoms with van der Waals surface area (Å²) in [4.78, 5) is 19.8. The largest absolute Gasteiger partial charge is 0.490 e. The van der Waals surface area contributed by atoms with Crippen LogP contribution in [0.1, 0.15) is 20.8 Å². The number of fused-ring (bicyclic) bond motifs is 1. The summed E-state index contributed by atoms with van der Waals surface area (Å²) >= 11 is 2.21. The van der Waals surface area contributed by atoms with Gasteiger partial charge in [-0.1, -0.05) is 12.1 Å². The lowest BCUT2D eigenvalue weighted by Crippen LogP contribution is -2.11. The summed E-state index contributed by atoms with van der Waals surface area (Å²) in [6, 6.07) is 11.1. The van der Waals surface area contributed by atoms with Crippen LogP contribution in [0.5, 0.6) is 11.5 Å². The lowest BCUT2D eigenvalue weighted by atomic mass is 10.1. The number of hydrogen-bond donors (Lipinski definition) is 1. The van der Waals surface area contributed by atoms with Crippen LogP contribution in [0.2, 0.25) is 0 Å². The first-order valence-electron chi connectivity index (χ1n) is 8.12. The van der Waals surface area contributed by atoms with Crippen LogP contribution >= 0.6 is 22.6 Å². The number of ether oxygens (including phenoxy) is 2. The predicted octanol–water partition coefficient (Wildman–Crippen LogP) is 4.38. The lowest BCUT2D eigenvalue weighted by molar-refractivity contribution is 0.222. The lowest BCUT2D eigenvalue weighted by Gasteiger charge is -2.17. The van der Waals surface area contributed by atoms with Crippen molar-refractivity contribution in [3.63, 3.8) is 0 Å². The molecule has 2 aromatic carbocycles. The van der Waals surface area contributed by atoms with Gasteiger partial charge in [0.25, 0.3) is 5.56 Å². The minimum atomic E-state index is -0.156. The Kier molecular flexibility index (Phi) is 5.27. The van der Waals surface area contributed by atoms with E-state index in [1.54, 1.807) is 6.07 Å². The minimum Gasteiger partial charge on any atom is -0.490 e.